The van der Waals surface area contributed by atoms with Crippen LogP contribution in [0.3, 0.4) is 0 Å². The Morgan fingerprint density at radius 2 is 2.27 bits per heavy atom. The molecule has 1 aromatic rings. The van der Waals surface area contributed by atoms with Crippen molar-refractivity contribution in [1.29, 1.82) is 0 Å². The summed E-state index contributed by atoms with van der Waals surface area (Å²) in [5, 5.41) is 4.89. The molecule has 0 bridgehead atoms. The molecule has 1 unspecified atom stereocenters. The number of fused-ring (bicyclic) bond motifs is 1. The second-order valence-corrected chi connectivity index (χ2v) is 5.31. The first-order valence-corrected chi connectivity index (χ1v) is 6.88. The van der Waals surface area contributed by atoms with Crippen LogP contribution in [0.5, 0.6) is 0 Å². The lowest BCUT2D eigenvalue weighted by Gasteiger charge is -2.13. The molecule has 15 heavy (non-hydrogen) atoms. The van der Waals surface area contributed by atoms with E-state index in [1.54, 1.807) is 4.88 Å². The smallest absolute Gasteiger partial charge is 0.110 e. The number of hydrogen-bond acceptors (Lipinski definition) is 3. The molecular weight excluding hydrogens is 204 g/mol. The Hall–Kier alpha value is -0.410. The molecule has 0 amide bonds. The van der Waals surface area contributed by atoms with Crippen molar-refractivity contribution in [2.24, 2.45) is 0 Å². The standard InChI is InChI=1S/C12H20N2S/c1-3-8-13-9(4-2)12-14-10-6-5-7-11(10)15-12/h9,13H,3-8H2,1-2H3. The quantitative estimate of drug-likeness (QED) is 0.831. The number of hydrogen-bond donors (Lipinski definition) is 1. The fourth-order valence-corrected chi connectivity index (χ4v) is 3.40. The van der Waals surface area contributed by atoms with Gasteiger partial charge < -0.3 is 5.32 Å². The predicted molar refractivity (Wildman–Crippen MR) is 65.5 cm³/mol. The number of rotatable bonds is 5. The molecule has 84 valence electrons. The molecule has 1 aliphatic rings. The van der Waals surface area contributed by atoms with Crippen LogP contribution >= 0.6 is 11.3 Å². The fourth-order valence-electron chi connectivity index (χ4n) is 2.08. The highest BCUT2D eigenvalue weighted by Crippen LogP contribution is 2.31. The van der Waals surface area contributed by atoms with Gasteiger partial charge in [0.25, 0.3) is 0 Å². The second kappa shape index (κ2) is 5.08. The van der Waals surface area contributed by atoms with E-state index in [-0.39, 0.29) is 0 Å². The fraction of sp³-hybridized carbons (Fsp3) is 0.750. The van der Waals surface area contributed by atoms with Crippen molar-refractivity contribution in [3.8, 4) is 0 Å². The van der Waals surface area contributed by atoms with Crippen molar-refractivity contribution in [3.05, 3.63) is 15.6 Å². The van der Waals surface area contributed by atoms with Crippen LogP contribution in [0.4, 0.5) is 0 Å². The Kier molecular flexibility index (Phi) is 3.76. The molecule has 0 aliphatic heterocycles. The molecule has 2 rings (SSSR count). The van der Waals surface area contributed by atoms with E-state index in [1.807, 2.05) is 11.3 Å². The van der Waals surface area contributed by atoms with Gasteiger partial charge in [-0.2, -0.15) is 0 Å². The zero-order valence-electron chi connectivity index (χ0n) is 9.68. The van der Waals surface area contributed by atoms with E-state index in [9.17, 15) is 0 Å². The van der Waals surface area contributed by atoms with Gasteiger partial charge in [-0.05, 0) is 38.6 Å². The van der Waals surface area contributed by atoms with Crippen molar-refractivity contribution in [1.82, 2.24) is 10.3 Å². The number of aromatic nitrogens is 1. The van der Waals surface area contributed by atoms with Crippen LogP contribution in [0.15, 0.2) is 0 Å². The molecule has 0 aromatic carbocycles. The molecule has 0 radical (unpaired) electrons. The lowest BCUT2D eigenvalue weighted by atomic mass is 10.2. The summed E-state index contributed by atoms with van der Waals surface area (Å²) < 4.78 is 0. The van der Waals surface area contributed by atoms with E-state index in [0.29, 0.717) is 6.04 Å². The topological polar surface area (TPSA) is 24.9 Å². The van der Waals surface area contributed by atoms with E-state index in [0.717, 1.165) is 13.0 Å². The zero-order valence-corrected chi connectivity index (χ0v) is 10.5. The van der Waals surface area contributed by atoms with Gasteiger partial charge in [0.2, 0.25) is 0 Å². The van der Waals surface area contributed by atoms with Gasteiger partial charge in [0.05, 0.1) is 11.7 Å². The number of nitrogens with zero attached hydrogens (tertiary/aromatic N) is 1. The van der Waals surface area contributed by atoms with Gasteiger partial charge in [0.15, 0.2) is 0 Å². The molecule has 0 fully saturated rings. The Morgan fingerprint density at radius 1 is 1.40 bits per heavy atom. The first-order valence-electron chi connectivity index (χ1n) is 6.07. The van der Waals surface area contributed by atoms with Crippen molar-refractivity contribution in [2.75, 3.05) is 6.54 Å². The summed E-state index contributed by atoms with van der Waals surface area (Å²) >= 11 is 1.93. The summed E-state index contributed by atoms with van der Waals surface area (Å²) in [6.07, 6.45) is 6.12. The average Bonchev–Trinajstić information content (AvgIpc) is 2.79. The molecule has 1 heterocycles. The average molecular weight is 224 g/mol. The maximum absolute atomic E-state index is 4.77. The molecule has 1 aromatic heterocycles. The van der Waals surface area contributed by atoms with Crippen LogP contribution in [-0.4, -0.2) is 11.5 Å². The largest absolute Gasteiger partial charge is 0.308 e. The Bertz CT molecular complexity index is 298. The predicted octanol–water partition coefficient (Wildman–Crippen LogP) is 3.08. The van der Waals surface area contributed by atoms with Crippen LogP contribution in [0.25, 0.3) is 0 Å². The van der Waals surface area contributed by atoms with Crippen LogP contribution in [-0.2, 0) is 12.8 Å². The first-order chi connectivity index (χ1) is 7.35. The SMILES string of the molecule is CCCNC(CC)c1nc2c(s1)CCC2. The number of nitrogens with one attached hydrogen (secondary N) is 1. The number of aryl methyl sites for hydroxylation is 2. The molecule has 3 heteroatoms. The molecular formula is C12H20N2S. The minimum atomic E-state index is 0.487. The molecule has 0 saturated heterocycles. The second-order valence-electron chi connectivity index (χ2n) is 4.19. The zero-order chi connectivity index (χ0) is 10.7. The third kappa shape index (κ3) is 2.40. The molecule has 0 saturated carbocycles. The minimum Gasteiger partial charge on any atom is -0.308 e. The Morgan fingerprint density at radius 3 is 2.93 bits per heavy atom. The summed E-state index contributed by atoms with van der Waals surface area (Å²) in [5.41, 5.74) is 1.38. The highest BCUT2D eigenvalue weighted by Gasteiger charge is 2.20. The van der Waals surface area contributed by atoms with Crippen LogP contribution in [0, 0.1) is 0 Å². The van der Waals surface area contributed by atoms with Crippen molar-refractivity contribution >= 4 is 11.3 Å². The van der Waals surface area contributed by atoms with E-state index in [2.05, 4.69) is 19.2 Å². The van der Waals surface area contributed by atoms with E-state index >= 15 is 0 Å². The van der Waals surface area contributed by atoms with E-state index in [1.165, 1.54) is 36.4 Å². The number of thiazole rings is 1. The van der Waals surface area contributed by atoms with Gasteiger partial charge in [-0.1, -0.05) is 13.8 Å². The third-order valence-corrected chi connectivity index (χ3v) is 4.23. The van der Waals surface area contributed by atoms with Crippen molar-refractivity contribution in [3.63, 3.8) is 0 Å². The normalized spacial score (nSPS) is 16.7. The van der Waals surface area contributed by atoms with Gasteiger partial charge in [-0.3, -0.25) is 0 Å². The van der Waals surface area contributed by atoms with Crippen molar-refractivity contribution < 1.29 is 0 Å². The summed E-state index contributed by atoms with van der Waals surface area (Å²) in [6, 6.07) is 0.487. The maximum Gasteiger partial charge on any atom is 0.110 e. The summed E-state index contributed by atoms with van der Waals surface area (Å²) in [6.45, 7) is 5.55. The van der Waals surface area contributed by atoms with Gasteiger partial charge in [-0.15, -0.1) is 11.3 Å². The van der Waals surface area contributed by atoms with Crippen molar-refractivity contribution in [2.45, 2.75) is 52.0 Å². The monoisotopic (exact) mass is 224 g/mol. The van der Waals surface area contributed by atoms with Crippen LogP contribution in [0.2, 0.25) is 0 Å². The molecule has 0 spiro atoms. The lowest BCUT2D eigenvalue weighted by molar-refractivity contribution is 0.515. The van der Waals surface area contributed by atoms with E-state index < -0.39 is 0 Å². The van der Waals surface area contributed by atoms with Crippen LogP contribution < -0.4 is 5.32 Å². The molecule has 2 nitrogen and oxygen atoms in total. The first kappa shape index (κ1) is 11.1. The molecule has 1 aliphatic carbocycles. The van der Waals surface area contributed by atoms with Gasteiger partial charge >= 0.3 is 0 Å². The highest BCUT2D eigenvalue weighted by atomic mass is 32.1. The maximum atomic E-state index is 4.77. The molecule has 1 N–H and O–H groups in total. The third-order valence-electron chi connectivity index (χ3n) is 2.96. The molecule has 1 atom stereocenters. The summed E-state index contributed by atoms with van der Waals surface area (Å²) in [5.74, 6) is 0. The van der Waals surface area contributed by atoms with Gasteiger partial charge in [-0.25, -0.2) is 4.98 Å². The summed E-state index contributed by atoms with van der Waals surface area (Å²) in [7, 11) is 0. The van der Waals surface area contributed by atoms with E-state index in [4.69, 9.17) is 4.98 Å². The lowest BCUT2D eigenvalue weighted by Crippen LogP contribution is -2.21. The Labute approximate surface area is 96.1 Å². The van der Waals surface area contributed by atoms with Gasteiger partial charge in [0.1, 0.15) is 5.01 Å². The minimum absolute atomic E-state index is 0.487. The Balaban J connectivity index is 2.06. The highest BCUT2D eigenvalue weighted by molar-refractivity contribution is 7.11. The van der Waals surface area contributed by atoms with Gasteiger partial charge in [0, 0.05) is 4.88 Å². The van der Waals surface area contributed by atoms with Crippen LogP contribution in [0.1, 0.15) is 54.7 Å². The summed E-state index contributed by atoms with van der Waals surface area (Å²) in [4.78, 5) is 6.31.